The minimum atomic E-state index is -0.722. The van der Waals surface area contributed by atoms with Gasteiger partial charge >= 0.3 is 5.97 Å². The monoisotopic (exact) mass is 472 g/mol. The second-order valence-electron chi connectivity index (χ2n) is 6.79. The topological polar surface area (TPSA) is 102 Å². The molecule has 0 atom stereocenters. The van der Waals surface area contributed by atoms with Crippen LogP contribution in [0.5, 0.6) is 0 Å². The normalized spacial score (nSPS) is 10.5. The molecular weight excluding hydrogens is 452 g/mol. The van der Waals surface area contributed by atoms with Crippen LogP contribution in [0.1, 0.15) is 15.9 Å². The van der Waals surface area contributed by atoms with Crippen LogP contribution in [-0.2, 0) is 21.4 Å². The van der Waals surface area contributed by atoms with Crippen LogP contribution in [0.3, 0.4) is 0 Å². The van der Waals surface area contributed by atoms with Gasteiger partial charge in [-0.3, -0.25) is 9.59 Å². The molecule has 0 spiro atoms. The zero-order valence-electron chi connectivity index (χ0n) is 17.4. The number of halogens is 1. The second kappa shape index (κ2) is 10.8. The summed E-state index contributed by atoms with van der Waals surface area (Å²) in [6, 6.07) is 11.5. The molecule has 0 aliphatic heterocycles. The fourth-order valence-corrected chi connectivity index (χ4v) is 3.70. The number of imidazole rings is 1. The first-order valence-electron chi connectivity index (χ1n) is 9.55. The molecule has 1 heterocycles. The molecule has 8 nitrogen and oxygen atoms in total. The van der Waals surface area contributed by atoms with Crippen LogP contribution in [0.25, 0.3) is 0 Å². The molecule has 0 fully saturated rings. The number of rotatable bonds is 8. The molecule has 3 aromatic rings. The molecule has 3 rings (SSSR count). The minimum absolute atomic E-state index is 0.122. The van der Waals surface area contributed by atoms with Crippen molar-refractivity contribution in [3.05, 3.63) is 71.0 Å². The fraction of sp³-hybridized carbons (Fsp3) is 0.182. The number of amides is 2. The number of esters is 1. The lowest BCUT2D eigenvalue weighted by Crippen LogP contribution is -2.22. The van der Waals surface area contributed by atoms with Gasteiger partial charge in [-0.15, -0.1) is 0 Å². The summed E-state index contributed by atoms with van der Waals surface area (Å²) >= 11 is 7.18. The lowest BCUT2D eigenvalue weighted by molar-refractivity contribution is -0.119. The predicted molar refractivity (Wildman–Crippen MR) is 124 cm³/mol. The molecule has 10 heteroatoms. The zero-order valence-corrected chi connectivity index (χ0v) is 19.0. The van der Waals surface area contributed by atoms with Crippen LogP contribution >= 0.6 is 23.4 Å². The summed E-state index contributed by atoms with van der Waals surface area (Å²) in [5.74, 6) is -1.39. The summed E-state index contributed by atoms with van der Waals surface area (Å²) in [4.78, 5) is 41.2. The third kappa shape index (κ3) is 6.35. The van der Waals surface area contributed by atoms with Crippen molar-refractivity contribution >= 4 is 52.5 Å². The van der Waals surface area contributed by atoms with Crippen molar-refractivity contribution in [2.24, 2.45) is 7.05 Å². The molecule has 2 N–H and O–H groups in total. The van der Waals surface area contributed by atoms with Gasteiger partial charge in [0.15, 0.2) is 11.8 Å². The molecule has 2 amide bonds. The Morgan fingerprint density at radius 1 is 1.09 bits per heavy atom. The first-order valence-corrected chi connectivity index (χ1v) is 10.9. The van der Waals surface area contributed by atoms with Gasteiger partial charge in [0.25, 0.3) is 5.91 Å². The van der Waals surface area contributed by atoms with Gasteiger partial charge in [0, 0.05) is 30.2 Å². The van der Waals surface area contributed by atoms with Crippen molar-refractivity contribution in [3.8, 4) is 0 Å². The Morgan fingerprint density at radius 3 is 2.56 bits per heavy atom. The van der Waals surface area contributed by atoms with E-state index in [1.54, 1.807) is 60.3 Å². The van der Waals surface area contributed by atoms with E-state index in [-0.39, 0.29) is 17.2 Å². The lowest BCUT2D eigenvalue weighted by atomic mass is 10.2. The number of aromatic nitrogens is 2. The number of nitrogens with zero attached hydrogens (tertiary/aromatic N) is 2. The van der Waals surface area contributed by atoms with Gasteiger partial charge < -0.3 is 19.9 Å². The molecule has 0 radical (unpaired) electrons. The molecule has 0 saturated carbocycles. The van der Waals surface area contributed by atoms with Crippen LogP contribution in [0.4, 0.5) is 11.4 Å². The number of aryl methyl sites for hydroxylation is 2. The average Bonchev–Trinajstić information content (AvgIpc) is 3.17. The van der Waals surface area contributed by atoms with E-state index in [4.69, 9.17) is 16.3 Å². The van der Waals surface area contributed by atoms with Crippen molar-refractivity contribution in [2.75, 3.05) is 23.0 Å². The summed E-state index contributed by atoms with van der Waals surface area (Å²) in [5.41, 5.74) is 1.82. The molecule has 2 aromatic carbocycles. The van der Waals surface area contributed by atoms with Crippen molar-refractivity contribution in [1.82, 2.24) is 9.55 Å². The van der Waals surface area contributed by atoms with Crippen molar-refractivity contribution < 1.29 is 19.1 Å². The Kier molecular flexibility index (Phi) is 7.91. The lowest BCUT2D eigenvalue weighted by Gasteiger charge is -2.12. The van der Waals surface area contributed by atoms with Crippen LogP contribution in [0.2, 0.25) is 5.02 Å². The maximum atomic E-state index is 12.5. The van der Waals surface area contributed by atoms with E-state index in [2.05, 4.69) is 15.6 Å². The van der Waals surface area contributed by atoms with E-state index in [0.717, 1.165) is 5.56 Å². The number of ether oxygens (including phenoxy) is 1. The number of nitrogens with one attached hydrogen (secondary N) is 2. The number of para-hydroxylation sites is 1. The average molecular weight is 473 g/mol. The molecule has 0 aliphatic carbocycles. The van der Waals surface area contributed by atoms with E-state index in [0.29, 0.717) is 21.6 Å². The quantitative estimate of drug-likeness (QED) is 0.380. The summed E-state index contributed by atoms with van der Waals surface area (Å²) < 4.78 is 6.94. The van der Waals surface area contributed by atoms with Crippen molar-refractivity contribution in [3.63, 3.8) is 0 Å². The number of benzene rings is 2. The summed E-state index contributed by atoms with van der Waals surface area (Å²) in [5, 5.41) is 6.64. The Labute approximate surface area is 194 Å². The smallest absolute Gasteiger partial charge is 0.340 e. The van der Waals surface area contributed by atoms with Gasteiger partial charge in [-0.25, -0.2) is 9.78 Å². The highest BCUT2D eigenvalue weighted by Gasteiger charge is 2.17. The first kappa shape index (κ1) is 23.4. The highest BCUT2D eigenvalue weighted by atomic mass is 35.5. The second-order valence-corrected chi connectivity index (χ2v) is 8.17. The molecule has 0 saturated heterocycles. The number of hydrogen-bond donors (Lipinski definition) is 2. The van der Waals surface area contributed by atoms with Gasteiger partial charge in [0.2, 0.25) is 5.91 Å². The van der Waals surface area contributed by atoms with Crippen LogP contribution in [0, 0.1) is 6.92 Å². The SMILES string of the molecule is Cc1cc(Cl)ccc1NC(=O)COC(=O)c1ccccc1NC(=O)CSc1nccn1C. The van der Waals surface area contributed by atoms with E-state index >= 15 is 0 Å². The largest absolute Gasteiger partial charge is 0.452 e. The molecule has 1 aromatic heterocycles. The maximum absolute atomic E-state index is 12.5. The van der Waals surface area contributed by atoms with E-state index in [1.807, 2.05) is 7.05 Å². The van der Waals surface area contributed by atoms with E-state index in [1.165, 1.54) is 17.8 Å². The Hall–Kier alpha value is -3.30. The third-order valence-corrected chi connectivity index (χ3v) is 5.62. The first-order chi connectivity index (χ1) is 15.3. The third-order valence-electron chi connectivity index (χ3n) is 4.33. The van der Waals surface area contributed by atoms with Crippen LogP contribution in [0.15, 0.2) is 60.0 Å². The number of carbonyl (C=O) groups is 3. The number of hydrogen-bond acceptors (Lipinski definition) is 6. The summed E-state index contributed by atoms with van der Waals surface area (Å²) in [7, 11) is 1.84. The summed E-state index contributed by atoms with van der Waals surface area (Å²) in [6.07, 6.45) is 3.44. The van der Waals surface area contributed by atoms with Gasteiger partial charge in [0.05, 0.1) is 17.0 Å². The van der Waals surface area contributed by atoms with Gasteiger partial charge in [-0.05, 0) is 42.8 Å². The predicted octanol–water partition coefficient (Wildman–Crippen LogP) is 3.91. The number of anilines is 2. The molecule has 0 bridgehead atoms. The van der Waals surface area contributed by atoms with Crippen LogP contribution < -0.4 is 10.6 Å². The molecule has 166 valence electrons. The highest BCUT2D eigenvalue weighted by Crippen LogP contribution is 2.20. The molecule has 0 unspecified atom stereocenters. The zero-order chi connectivity index (χ0) is 23.1. The Morgan fingerprint density at radius 2 is 1.84 bits per heavy atom. The van der Waals surface area contributed by atoms with E-state index < -0.39 is 18.5 Å². The minimum Gasteiger partial charge on any atom is -0.452 e. The van der Waals surface area contributed by atoms with Gasteiger partial charge in [-0.2, -0.15) is 0 Å². The van der Waals surface area contributed by atoms with Gasteiger partial charge in [-0.1, -0.05) is 35.5 Å². The number of carbonyl (C=O) groups excluding carboxylic acids is 3. The molecular formula is C22H21ClN4O4S. The van der Waals surface area contributed by atoms with Crippen molar-refractivity contribution in [2.45, 2.75) is 12.1 Å². The van der Waals surface area contributed by atoms with E-state index in [9.17, 15) is 14.4 Å². The Bertz CT molecular complexity index is 1150. The van der Waals surface area contributed by atoms with Crippen LogP contribution in [-0.4, -0.2) is 39.7 Å². The highest BCUT2D eigenvalue weighted by molar-refractivity contribution is 7.99. The summed E-state index contributed by atoms with van der Waals surface area (Å²) in [6.45, 7) is 1.33. The number of thioether (sulfide) groups is 1. The maximum Gasteiger partial charge on any atom is 0.340 e. The standard InChI is InChI=1S/C22H21ClN4O4S/c1-14-11-15(23)7-8-17(14)25-19(28)12-31-21(30)16-5-3-4-6-18(16)26-20(29)13-32-22-24-9-10-27(22)2/h3-11H,12-13H2,1-2H3,(H,25,28)(H,26,29). The molecule has 0 aliphatic rings. The fourth-order valence-electron chi connectivity index (χ4n) is 2.74. The molecule has 32 heavy (non-hydrogen) atoms. The Balaban J connectivity index is 1.55. The van der Waals surface area contributed by atoms with Gasteiger partial charge in [0.1, 0.15) is 0 Å². The van der Waals surface area contributed by atoms with Crippen molar-refractivity contribution in [1.29, 1.82) is 0 Å².